The summed E-state index contributed by atoms with van der Waals surface area (Å²) in [6.45, 7) is 8.25. The second kappa shape index (κ2) is 12.4. The Kier molecular flexibility index (Phi) is 9.49. The standard InChI is InChI=1S/C24H37N7O5S/c1-16(2)13-19(15-32)25-22-26-21(27-23(28-22)29-37(4,35)36)14-17(3)18-5-7-20(8-6-18)30-9-11-31(12-10-30)24(33)34/h5-8,16-17,19,32H,9-15H2,1-4H3,(H,33,34)(H2,25,26,27,28,29). The maximum atomic E-state index is 11.8. The summed E-state index contributed by atoms with van der Waals surface area (Å²) >= 11 is 0. The number of nitrogens with zero attached hydrogens (tertiary/aromatic N) is 5. The van der Waals surface area contributed by atoms with Gasteiger partial charge < -0.3 is 25.3 Å². The van der Waals surface area contributed by atoms with Gasteiger partial charge in [-0.2, -0.15) is 15.0 Å². The van der Waals surface area contributed by atoms with E-state index in [0.29, 0.717) is 50.8 Å². The van der Waals surface area contributed by atoms with Gasteiger partial charge in [-0.15, -0.1) is 0 Å². The van der Waals surface area contributed by atoms with E-state index >= 15 is 0 Å². The third kappa shape index (κ3) is 8.71. The summed E-state index contributed by atoms with van der Waals surface area (Å²) in [4.78, 5) is 27.7. The topological polar surface area (TPSA) is 161 Å². The van der Waals surface area contributed by atoms with Gasteiger partial charge >= 0.3 is 6.09 Å². The maximum Gasteiger partial charge on any atom is 0.407 e. The second-order valence-corrected chi connectivity index (χ2v) is 11.6. The van der Waals surface area contributed by atoms with Gasteiger partial charge in [-0.1, -0.05) is 32.9 Å². The molecule has 2 unspecified atom stereocenters. The number of rotatable bonds is 11. The minimum absolute atomic E-state index is 0.0311. The highest BCUT2D eigenvalue weighted by Gasteiger charge is 2.21. The molecule has 37 heavy (non-hydrogen) atoms. The molecule has 13 heteroatoms. The van der Waals surface area contributed by atoms with E-state index in [1.165, 1.54) is 4.90 Å². The van der Waals surface area contributed by atoms with Crippen molar-refractivity contribution in [3.05, 3.63) is 35.7 Å². The molecule has 1 aromatic carbocycles. The molecule has 3 rings (SSSR count). The third-order valence-corrected chi connectivity index (χ3v) is 6.69. The molecule has 0 radical (unpaired) electrons. The fraction of sp³-hybridized carbons (Fsp3) is 0.583. The predicted octanol–water partition coefficient (Wildman–Crippen LogP) is 2.21. The molecule has 1 amide bonds. The number of nitrogens with one attached hydrogen (secondary N) is 2. The first-order chi connectivity index (χ1) is 17.4. The van der Waals surface area contributed by atoms with Crippen molar-refractivity contribution < 1.29 is 23.4 Å². The van der Waals surface area contributed by atoms with Crippen molar-refractivity contribution in [1.82, 2.24) is 19.9 Å². The molecular formula is C24H37N7O5S. The molecule has 0 aliphatic carbocycles. The zero-order valence-corrected chi connectivity index (χ0v) is 22.6. The first-order valence-electron chi connectivity index (χ1n) is 12.4. The van der Waals surface area contributed by atoms with Gasteiger partial charge in [0.1, 0.15) is 5.82 Å². The van der Waals surface area contributed by atoms with Crippen LogP contribution in [0, 0.1) is 5.92 Å². The number of hydrogen-bond donors (Lipinski definition) is 4. The van der Waals surface area contributed by atoms with Crippen molar-refractivity contribution in [2.24, 2.45) is 5.92 Å². The van der Waals surface area contributed by atoms with Crippen LogP contribution in [0.15, 0.2) is 24.3 Å². The number of hydrogen-bond acceptors (Lipinski definition) is 9. The number of carbonyl (C=O) groups is 1. The average Bonchev–Trinajstić information content (AvgIpc) is 2.82. The molecule has 204 valence electrons. The lowest BCUT2D eigenvalue weighted by Crippen LogP contribution is -2.48. The Balaban J connectivity index is 1.73. The quantitative estimate of drug-likeness (QED) is 0.336. The van der Waals surface area contributed by atoms with Crippen LogP contribution in [0.1, 0.15) is 44.5 Å². The van der Waals surface area contributed by atoms with Crippen LogP contribution in [-0.4, -0.2) is 89.7 Å². The molecule has 1 aliphatic heterocycles. The molecule has 1 saturated heterocycles. The second-order valence-electron chi connectivity index (χ2n) is 9.88. The normalized spacial score (nSPS) is 15.9. The van der Waals surface area contributed by atoms with Crippen molar-refractivity contribution in [1.29, 1.82) is 0 Å². The number of aliphatic hydroxyl groups excluding tert-OH is 1. The van der Waals surface area contributed by atoms with Gasteiger partial charge in [-0.3, -0.25) is 4.72 Å². The highest BCUT2D eigenvalue weighted by atomic mass is 32.2. The Hall–Kier alpha value is -3.19. The number of sulfonamides is 1. The monoisotopic (exact) mass is 535 g/mol. The molecule has 2 aromatic rings. The molecule has 1 aromatic heterocycles. The third-order valence-electron chi connectivity index (χ3n) is 6.13. The number of benzene rings is 1. The minimum Gasteiger partial charge on any atom is -0.465 e. The van der Waals surface area contributed by atoms with Gasteiger partial charge in [0.05, 0.1) is 18.9 Å². The van der Waals surface area contributed by atoms with Crippen LogP contribution in [0.5, 0.6) is 0 Å². The molecule has 0 saturated carbocycles. The molecule has 4 N–H and O–H groups in total. The number of aliphatic hydroxyl groups is 1. The highest BCUT2D eigenvalue weighted by Crippen LogP contribution is 2.24. The van der Waals surface area contributed by atoms with Gasteiger partial charge in [-0.05, 0) is 36.0 Å². The van der Waals surface area contributed by atoms with E-state index in [2.05, 4.69) is 29.9 Å². The smallest absolute Gasteiger partial charge is 0.407 e. The maximum absolute atomic E-state index is 11.8. The lowest BCUT2D eigenvalue weighted by Gasteiger charge is -2.34. The van der Waals surface area contributed by atoms with Gasteiger partial charge in [0.25, 0.3) is 0 Å². The fourth-order valence-corrected chi connectivity index (χ4v) is 4.70. The van der Waals surface area contributed by atoms with Crippen LogP contribution in [0.3, 0.4) is 0 Å². The number of amides is 1. The van der Waals surface area contributed by atoms with E-state index in [1.54, 1.807) is 0 Å². The number of anilines is 3. The fourth-order valence-electron chi connectivity index (χ4n) is 4.28. The molecule has 12 nitrogen and oxygen atoms in total. The van der Waals surface area contributed by atoms with Crippen LogP contribution in [-0.2, 0) is 16.4 Å². The summed E-state index contributed by atoms with van der Waals surface area (Å²) in [5.74, 6) is 0.927. The summed E-state index contributed by atoms with van der Waals surface area (Å²) < 4.78 is 25.9. The summed E-state index contributed by atoms with van der Waals surface area (Å²) in [7, 11) is -3.59. The zero-order chi connectivity index (χ0) is 27.2. The molecule has 2 atom stereocenters. The molecule has 2 heterocycles. The van der Waals surface area contributed by atoms with Crippen molar-refractivity contribution in [3.8, 4) is 0 Å². The summed E-state index contributed by atoms with van der Waals surface area (Å²) in [5.41, 5.74) is 2.10. The summed E-state index contributed by atoms with van der Waals surface area (Å²) in [5, 5.41) is 22.0. The number of aromatic nitrogens is 3. The molecule has 1 fully saturated rings. The zero-order valence-electron chi connectivity index (χ0n) is 21.8. The predicted molar refractivity (Wildman–Crippen MR) is 143 cm³/mol. The molecule has 0 bridgehead atoms. The van der Waals surface area contributed by atoms with Gasteiger partial charge in [0, 0.05) is 38.3 Å². The van der Waals surface area contributed by atoms with Crippen LogP contribution in [0.25, 0.3) is 0 Å². The lowest BCUT2D eigenvalue weighted by atomic mass is 9.97. The van der Waals surface area contributed by atoms with Gasteiger partial charge in [0.15, 0.2) is 0 Å². The first kappa shape index (κ1) is 28.4. The van der Waals surface area contributed by atoms with Crippen LogP contribution in [0.2, 0.25) is 0 Å². The molecule has 0 spiro atoms. The Morgan fingerprint density at radius 3 is 2.19 bits per heavy atom. The van der Waals surface area contributed by atoms with Crippen molar-refractivity contribution in [3.63, 3.8) is 0 Å². The first-order valence-corrected chi connectivity index (χ1v) is 14.3. The van der Waals surface area contributed by atoms with E-state index < -0.39 is 16.1 Å². The van der Waals surface area contributed by atoms with Crippen LogP contribution < -0.4 is 14.9 Å². The SMILES string of the molecule is CC(C)CC(CO)Nc1nc(CC(C)c2ccc(N3CCN(C(=O)O)CC3)cc2)nc(NS(C)(=O)=O)n1. The van der Waals surface area contributed by atoms with Gasteiger partial charge in [0.2, 0.25) is 21.9 Å². The Bertz CT molecular complexity index is 1150. The van der Waals surface area contributed by atoms with Crippen molar-refractivity contribution in [2.45, 2.75) is 45.6 Å². The van der Waals surface area contributed by atoms with Crippen molar-refractivity contribution in [2.75, 3.05) is 54.0 Å². The van der Waals surface area contributed by atoms with Crippen LogP contribution >= 0.6 is 0 Å². The Labute approximate surface area is 218 Å². The Morgan fingerprint density at radius 2 is 1.65 bits per heavy atom. The molecular weight excluding hydrogens is 498 g/mol. The van der Waals surface area contributed by atoms with Crippen molar-refractivity contribution >= 4 is 33.7 Å². The van der Waals surface area contributed by atoms with E-state index in [0.717, 1.165) is 17.5 Å². The van der Waals surface area contributed by atoms with E-state index in [1.807, 2.05) is 45.0 Å². The highest BCUT2D eigenvalue weighted by molar-refractivity contribution is 7.91. The number of piperazine rings is 1. The van der Waals surface area contributed by atoms with E-state index in [9.17, 15) is 18.3 Å². The molecule has 1 aliphatic rings. The van der Waals surface area contributed by atoms with Crippen LogP contribution in [0.4, 0.5) is 22.4 Å². The minimum atomic E-state index is -3.59. The average molecular weight is 536 g/mol. The summed E-state index contributed by atoms with van der Waals surface area (Å²) in [6, 6.07) is 7.84. The lowest BCUT2D eigenvalue weighted by molar-refractivity contribution is 0.142. The van der Waals surface area contributed by atoms with E-state index in [4.69, 9.17) is 5.11 Å². The summed E-state index contributed by atoms with van der Waals surface area (Å²) in [6.07, 6.45) is 1.29. The number of carboxylic acid groups (broad SMARTS) is 1. The van der Waals surface area contributed by atoms with E-state index in [-0.39, 0.29) is 30.5 Å². The largest absolute Gasteiger partial charge is 0.465 e. The Morgan fingerprint density at radius 1 is 1.03 bits per heavy atom. The van der Waals surface area contributed by atoms with Gasteiger partial charge in [-0.25, -0.2) is 13.2 Å².